The van der Waals surface area contributed by atoms with E-state index >= 15 is 0 Å². The molecule has 100 valence electrons. The third kappa shape index (κ3) is 3.44. The van der Waals surface area contributed by atoms with Crippen LogP contribution >= 0.6 is 0 Å². The topological polar surface area (TPSA) is 68.0 Å². The Morgan fingerprint density at radius 3 is 2.95 bits per heavy atom. The van der Waals surface area contributed by atoms with Gasteiger partial charge in [0.2, 0.25) is 0 Å². The summed E-state index contributed by atoms with van der Waals surface area (Å²) in [5.74, 6) is 5.53. The molecular formula is C16H15N3O. The summed E-state index contributed by atoms with van der Waals surface area (Å²) < 4.78 is 0. The van der Waals surface area contributed by atoms with Crippen molar-refractivity contribution < 1.29 is 4.79 Å². The van der Waals surface area contributed by atoms with Crippen molar-refractivity contribution in [1.82, 2.24) is 4.98 Å². The van der Waals surface area contributed by atoms with Gasteiger partial charge < -0.3 is 11.1 Å². The summed E-state index contributed by atoms with van der Waals surface area (Å²) >= 11 is 0. The maximum atomic E-state index is 12.2. The first kappa shape index (κ1) is 13.8. The molecule has 2 rings (SSSR count). The van der Waals surface area contributed by atoms with Gasteiger partial charge in [-0.1, -0.05) is 17.9 Å². The number of benzene rings is 1. The fraction of sp³-hybridized carbons (Fsp3) is 0.125. The average molecular weight is 265 g/mol. The van der Waals surface area contributed by atoms with E-state index in [1.54, 1.807) is 25.3 Å². The molecule has 0 atom stereocenters. The number of amides is 1. The number of aromatic nitrogens is 1. The monoisotopic (exact) mass is 265 g/mol. The van der Waals surface area contributed by atoms with Gasteiger partial charge in [-0.15, -0.1) is 0 Å². The molecule has 3 N–H and O–H groups in total. The number of carbonyl (C=O) groups is 1. The van der Waals surface area contributed by atoms with E-state index in [-0.39, 0.29) is 5.91 Å². The van der Waals surface area contributed by atoms with Gasteiger partial charge in [0.25, 0.3) is 5.91 Å². The lowest BCUT2D eigenvalue weighted by Crippen LogP contribution is -2.13. The molecule has 1 heterocycles. The molecule has 0 aliphatic carbocycles. The lowest BCUT2D eigenvalue weighted by atomic mass is 10.1. The van der Waals surface area contributed by atoms with Crippen molar-refractivity contribution in [3.63, 3.8) is 0 Å². The Bertz CT molecular complexity index is 683. The van der Waals surface area contributed by atoms with Crippen molar-refractivity contribution in [2.75, 3.05) is 11.9 Å². The Labute approximate surface area is 118 Å². The molecule has 0 aliphatic heterocycles. The number of pyridine rings is 1. The number of hydrogen-bond acceptors (Lipinski definition) is 3. The Morgan fingerprint density at radius 2 is 2.20 bits per heavy atom. The zero-order valence-corrected chi connectivity index (χ0v) is 11.2. The van der Waals surface area contributed by atoms with Gasteiger partial charge in [0.05, 0.1) is 12.1 Å². The lowest BCUT2D eigenvalue weighted by Gasteiger charge is -2.07. The van der Waals surface area contributed by atoms with E-state index in [9.17, 15) is 4.79 Å². The summed E-state index contributed by atoms with van der Waals surface area (Å²) in [6, 6.07) is 10.8. The van der Waals surface area contributed by atoms with Gasteiger partial charge in [0, 0.05) is 23.1 Å². The molecule has 0 unspecified atom stereocenters. The van der Waals surface area contributed by atoms with Gasteiger partial charge in [-0.2, -0.15) is 0 Å². The first-order valence-electron chi connectivity index (χ1n) is 6.22. The third-order valence-corrected chi connectivity index (χ3v) is 2.71. The number of carbonyl (C=O) groups excluding carboxylic acids is 1. The summed E-state index contributed by atoms with van der Waals surface area (Å²) in [6.45, 7) is 2.11. The van der Waals surface area contributed by atoms with Crippen LogP contribution in [0.1, 0.15) is 21.6 Å². The van der Waals surface area contributed by atoms with Gasteiger partial charge >= 0.3 is 0 Å². The van der Waals surface area contributed by atoms with Gasteiger partial charge in [0.1, 0.15) is 0 Å². The zero-order valence-electron chi connectivity index (χ0n) is 11.2. The molecular weight excluding hydrogens is 250 g/mol. The predicted octanol–water partition coefficient (Wildman–Crippen LogP) is 1.95. The number of nitrogens with zero attached hydrogens (tertiary/aromatic N) is 1. The summed E-state index contributed by atoms with van der Waals surface area (Å²) in [6.07, 6.45) is 1.66. The molecule has 4 heteroatoms. The van der Waals surface area contributed by atoms with Crippen molar-refractivity contribution in [1.29, 1.82) is 0 Å². The maximum absolute atomic E-state index is 12.2. The molecule has 1 aromatic heterocycles. The highest BCUT2D eigenvalue weighted by Crippen LogP contribution is 2.12. The van der Waals surface area contributed by atoms with Crippen molar-refractivity contribution in [2.45, 2.75) is 6.92 Å². The molecule has 2 aromatic rings. The lowest BCUT2D eigenvalue weighted by molar-refractivity contribution is 0.102. The Kier molecular flexibility index (Phi) is 4.48. The average Bonchev–Trinajstić information content (AvgIpc) is 2.46. The normalized spacial score (nSPS) is 9.50. The number of nitrogens with one attached hydrogen (secondary N) is 1. The third-order valence-electron chi connectivity index (χ3n) is 2.71. The van der Waals surface area contributed by atoms with E-state index in [0.29, 0.717) is 23.5 Å². The fourth-order valence-corrected chi connectivity index (χ4v) is 1.75. The van der Waals surface area contributed by atoms with E-state index in [0.717, 1.165) is 5.56 Å². The van der Waals surface area contributed by atoms with Crippen LogP contribution in [0, 0.1) is 18.8 Å². The van der Waals surface area contributed by atoms with E-state index in [2.05, 4.69) is 22.1 Å². The molecule has 1 amide bonds. The highest BCUT2D eigenvalue weighted by Gasteiger charge is 2.09. The Balaban J connectivity index is 2.18. The van der Waals surface area contributed by atoms with Crippen LogP contribution in [0.3, 0.4) is 0 Å². The summed E-state index contributed by atoms with van der Waals surface area (Å²) in [7, 11) is 0. The Hall–Kier alpha value is -2.64. The van der Waals surface area contributed by atoms with Crippen LogP contribution in [-0.4, -0.2) is 17.4 Å². The number of hydrogen-bond donors (Lipinski definition) is 2. The minimum Gasteiger partial charge on any atom is -0.322 e. The second-order valence-electron chi connectivity index (χ2n) is 4.18. The smallest absolute Gasteiger partial charge is 0.257 e. The zero-order chi connectivity index (χ0) is 14.4. The molecule has 20 heavy (non-hydrogen) atoms. The SMILES string of the molecule is Cc1ncccc1C(=O)Nc1cccc(C#CCN)c1. The summed E-state index contributed by atoms with van der Waals surface area (Å²) in [5.41, 5.74) is 8.11. The van der Waals surface area contributed by atoms with Crippen LogP contribution in [0.2, 0.25) is 0 Å². The minimum atomic E-state index is -0.181. The Morgan fingerprint density at radius 1 is 1.35 bits per heavy atom. The highest BCUT2D eigenvalue weighted by molar-refractivity contribution is 6.05. The standard InChI is InChI=1S/C16H15N3O/c1-12-15(8-4-10-18-12)16(20)19-14-7-2-5-13(11-14)6-3-9-17/h2,4-5,7-8,10-11H,9,17H2,1H3,(H,19,20). The van der Waals surface area contributed by atoms with Crippen molar-refractivity contribution in [3.05, 3.63) is 59.4 Å². The van der Waals surface area contributed by atoms with Crippen LogP contribution in [0.25, 0.3) is 0 Å². The minimum absolute atomic E-state index is 0.181. The summed E-state index contributed by atoms with van der Waals surface area (Å²) in [4.78, 5) is 16.3. The van der Waals surface area contributed by atoms with Gasteiger partial charge in [-0.3, -0.25) is 9.78 Å². The number of nitrogens with two attached hydrogens (primary N) is 1. The van der Waals surface area contributed by atoms with Crippen molar-refractivity contribution in [2.24, 2.45) is 5.73 Å². The van der Waals surface area contributed by atoms with Crippen LogP contribution in [0.5, 0.6) is 0 Å². The maximum Gasteiger partial charge on any atom is 0.257 e. The molecule has 0 bridgehead atoms. The van der Waals surface area contributed by atoms with E-state index < -0.39 is 0 Å². The molecule has 0 fully saturated rings. The second-order valence-corrected chi connectivity index (χ2v) is 4.18. The molecule has 0 aliphatic rings. The van der Waals surface area contributed by atoms with Crippen LogP contribution in [0.4, 0.5) is 5.69 Å². The molecule has 0 radical (unpaired) electrons. The first-order valence-corrected chi connectivity index (χ1v) is 6.22. The van der Waals surface area contributed by atoms with Gasteiger partial charge in [0.15, 0.2) is 0 Å². The molecule has 0 saturated heterocycles. The first-order chi connectivity index (χ1) is 9.70. The fourth-order valence-electron chi connectivity index (χ4n) is 1.75. The number of anilines is 1. The second kappa shape index (κ2) is 6.50. The van der Waals surface area contributed by atoms with Crippen LogP contribution < -0.4 is 11.1 Å². The largest absolute Gasteiger partial charge is 0.322 e. The molecule has 0 saturated carbocycles. The van der Waals surface area contributed by atoms with Crippen LogP contribution in [0.15, 0.2) is 42.6 Å². The van der Waals surface area contributed by atoms with E-state index in [4.69, 9.17) is 5.73 Å². The molecule has 4 nitrogen and oxygen atoms in total. The molecule has 0 spiro atoms. The highest BCUT2D eigenvalue weighted by atomic mass is 16.1. The number of rotatable bonds is 2. The van der Waals surface area contributed by atoms with Crippen molar-refractivity contribution in [3.8, 4) is 11.8 Å². The van der Waals surface area contributed by atoms with Crippen LogP contribution in [-0.2, 0) is 0 Å². The van der Waals surface area contributed by atoms with Gasteiger partial charge in [-0.05, 0) is 37.3 Å². The quantitative estimate of drug-likeness (QED) is 0.815. The van der Waals surface area contributed by atoms with Gasteiger partial charge in [-0.25, -0.2) is 0 Å². The molecule has 1 aromatic carbocycles. The number of aryl methyl sites for hydroxylation is 1. The summed E-state index contributed by atoms with van der Waals surface area (Å²) in [5, 5.41) is 2.84. The van der Waals surface area contributed by atoms with E-state index in [1.807, 2.05) is 24.3 Å². The predicted molar refractivity (Wildman–Crippen MR) is 79.3 cm³/mol. The van der Waals surface area contributed by atoms with E-state index in [1.165, 1.54) is 0 Å². The van der Waals surface area contributed by atoms with Crippen molar-refractivity contribution >= 4 is 11.6 Å².